The molecule has 2 aromatic carbocycles. The van der Waals surface area contributed by atoms with Gasteiger partial charge in [-0.15, -0.1) is 0 Å². The first-order chi connectivity index (χ1) is 17.7. The zero-order valence-corrected chi connectivity index (χ0v) is 22.1. The molecule has 0 atom stereocenters. The van der Waals surface area contributed by atoms with E-state index < -0.39 is 22.6 Å². The van der Waals surface area contributed by atoms with Crippen LogP contribution in [0.15, 0.2) is 50.8 Å². The van der Waals surface area contributed by atoms with E-state index in [1.807, 2.05) is 22.6 Å². The summed E-state index contributed by atoms with van der Waals surface area (Å²) >= 11 is 2.00. The number of carbonyl (C=O) groups excluding carboxylic acids is 1. The van der Waals surface area contributed by atoms with Crippen molar-refractivity contribution in [2.24, 2.45) is 7.05 Å². The normalized spacial score (nSPS) is 14.6. The van der Waals surface area contributed by atoms with E-state index in [-0.39, 0.29) is 39.9 Å². The van der Waals surface area contributed by atoms with Gasteiger partial charge in [-0.3, -0.25) is 28.1 Å². The summed E-state index contributed by atoms with van der Waals surface area (Å²) in [6.07, 6.45) is 1.37. The van der Waals surface area contributed by atoms with E-state index in [9.17, 15) is 23.6 Å². The fraction of sp³-hybridized carbons (Fsp3) is 0.231. The van der Waals surface area contributed by atoms with E-state index in [1.54, 1.807) is 31.2 Å². The number of carbonyl (C=O) groups is 1. The first-order valence-corrected chi connectivity index (χ1v) is 12.8. The first-order valence-electron chi connectivity index (χ1n) is 11.7. The van der Waals surface area contributed by atoms with Gasteiger partial charge in [0.1, 0.15) is 17.0 Å². The van der Waals surface area contributed by atoms with Crippen molar-refractivity contribution >= 4 is 50.9 Å². The van der Waals surface area contributed by atoms with Crippen molar-refractivity contribution in [1.82, 2.24) is 19.0 Å². The highest BCUT2D eigenvalue weighted by Crippen LogP contribution is 2.34. The Bertz CT molecular complexity index is 1850. The lowest BCUT2D eigenvalue weighted by Crippen LogP contribution is -2.41. The summed E-state index contributed by atoms with van der Waals surface area (Å²) in [5.74, 6) is -0.644. The maximum atomic E-state index is 14.8. The highest BCUT2D eigenvalue weighted by molar-refractivity contribution is 14.1. The lowest BCUT2D eigenvalue weighted by molar-refractivity contribution is 0.0965. The average Bonchev–Trinajstić information content (AvgIpc) is 3.63. The van der Waals surface area contributed by atoms with Crippen LogP contribution in [-0.2, 0) is 13.6 Å². The number of nitrogens with one attached hydrogen (secondary N) is 2. The topological polar surface area (TPSA) is 107 Å². The summed E-state index contributed by atoms with van der Waals surface area (Å²) in [5.41, 5.74) is 0.589. The summed E-state index contributed by atoms with van der Waals surface area (Å²) in [4.78, 5) is 53.1. The summed E-state index contributed by atoms with van der Waals surface area (Å²) in [5, 5.41) is 5.82. The fourth-order valence-corrected chi connectivity index (χ4v) is 5.38. The second-order valence-corrected chi connectivity index (χ2v) is 10.6. The quantitative estimate of drug-likeness (QED) is 0.344. The highest BCUT2D eigenvalue weighted by Gasteiger charge is 2.32. The molecule has 6 rings (SSSR count). The third-order valence-electron chi connectivity index (χ3n) is 6.97. The van der Waals surface area contributed by atoms with Crippen LogP contribution in [0.1, 0.15) is 40.4 Å². The SMILES string of the molecule is Cc1c(=O)n(C)c(Nc2ccc(I)cc2F)c2c(=O)n(C3CC3)c(=O)n(-c3ccc4c(c3)CNC4=O)c12. The lowest BCUT2D eigenvalue weighted by Gasteiger charge is -2.21. The molecule has 2 aliphatic rings. The number of fused-ring (bicyclic) bond motifs is 2. The van der Waals surface area contributed by atoms with Crippen LogP contribution in [0, 0.1) is 16.3 Å². The van der Waals surface area contributed by atoms with E-state index in [2.05, 4.69) is 10.6 Å². The molecule has 0 unspecified atom stereocenters. The van der Waals surface area contributed by atoms with E-state index in [0.717, 1.165) is 0 Å². The molecular weight excluding hydrogens is 592 g/mol. The Kier molecular flexibility index (Phi) is 5.37. The third-order valence-corrected chi connectivity index (χ3v) is 7.64. The Labute approximate surface area is 222 Å². The van der Waals surface area contributed by atoms with Crippen LogP contribution in [0.5, 0.6) is 0 Å². The molecule has 1 aliphatic heterocycles. The fourth-order valence-electron chi connectivity index (χ4n) is 4.93. The summed E-state index contributed by atoms with van der Waals surface area (Å²) in [7, 11) is 1.50. The maximum absolute atomic E-state index is 14.8. The first kappa shape index (κ1) is 23.6. The number of rotatable bonds is 4. The predicted octanol–water partition coefficient (Wildman–Crippen LogP) is 3.23. The van der Waals surface area contributed by atoms with Crippen molar-refractivity contribution in [3.05, 3.63) is 93.7 Å². The van der Waals surface area contributed by atoms with Crippen LogP contribution in [0.25, 0.3) is 16.6 Å². The smallest absolute Gasteiger partial charge is 0.336 e. The van der Waals surface area contributed by atoms with E-state index in [4.69, 9.17) is 0 Å². The highest BCUT2D eigenvalue weighted by atomic mass is 127. The second kappa shape index (κ2) is 8.40. The van der Waals surface area contributed by atoms with Crippen molar-refractivity contribution in [1.29, 1.82) is 0 Å². The zero-order valence-electron chi connectivity index (χ0n) is 19.9. The molecule has 37 heavy (non-hydrogen) atoms. The molecule has 188 valence electrons. The Hall–Kier alpha value is -3.74. The summed E-state index contributed by atoms with van der Waals surface area (Å²) in [6.45, 7) is 1.88. The number of aromatic nitrogens is 3. The van der Waals surface area contributed by atoms with Gasteiger partial charge in [0.2, 0.25) is 0 Å². The molecule has 1 saturated carbocycles. The second-order valence-electron chi connectivity index (χ2n) is 9.36. The summed E-state index contributed by atoms with van der Waals surface area (Å²) in [6, 6.07) is 9.32. The van der Waals surface area contributed by atoms with Gasteiger partial charge in [-0.2, -0.15) is 0 Å². The summed E-state index contributed by atoms with van der Waals surface area (Å²) < 4.78 is 19.4. The Morgan fingerprint density at radius 1 is 1.05 bits per heavy atom. The van der Waals surface area contributed by atoms with Crippen molar-refractivity contribution in [3.63, 3.8) is 0 Å². The molecular formula is C26H21FIN5O4. The van der Waals surface area contributed by atoms with Crippen molar-refractivity contribution in [2.45, 2.75) is 32.4 Å². The molecule has 2 N–H and O–H groups in total. The number of anilines is 2. The van der Waals surface area contributed by atoms with Gasteiger partial charge in [-0.25, -0.2) is 9.18 Å². The molecule has 3 heterocycles. The third kappa shape index (κ3) is 3.63. The van der Waals surface area contributed by atoms with Crippen LogP contribution in [-0.4, -0.2) is 19.6 Å². The van der Waals surface area contributed by atoms with Crippen molar-refractivity contribution in [2.75, 3.05) is 5.32 Å². The van der Waals surface area contributed by atoms with Crippen molar-refractivity contribution < 1.29 is 9.18 Å². The van der Waals surface area contributed by atoms with Gasteiger partial charge in [-0.05, 0) is 84.3 Å². The molecule has 1 amide bonds. The minimum Gasteiger partial charge on any atom is -0.348 e. The minimum absolute atomic E-state index is 0.0943. The van der Waals surface area contributed by atoms with Crippen LogP contribution in [0.2, 0.25) is 0 Å². The molecule has 11 heteroatoms. The van der Waals surface area contributed by atoms with Gasteiger partial charge in [0, 0.05) is 34.3 Å². The zero-order chi connectivity index (χ0) is 26.2. The molecule has 1 aliphatic carbocycles. The van der Waals surface area contributed by atoms with Crippen LogP contribution in [0.3, 0.4) is 0 Å². The number of benzene rings is 2. The largest absolute Gasteiger partial charge is 0.348 e. The number of halogens is 2. The van der Waals surface area contributed by atoms with E-state index >= 15 is 0 Å². The molecule has 0 radical (unpaired) electrons. The molecule has 2 aromatic heterocycles. The van der Waals surface area contributed by atoms with Gasteiger partial charge in [0.15, 0.2) is 0 Å². The number of hydrogen-bond acceptors (Lipinski definition) is 5. The van der Waals surface area contributed by atoms with Gasteiger partial charge < -0.3 is 10.6 Å². The average molecular weight is 613 g/mol. The maximum Gasteiger partial charge on any atom is 0.336 e. The molecule has 0 saturated heterocycles. The van der Waals surface area contributed by atoms with Crippen LogP contribution in [0.4, 0.5) is 15.9 Å². The van der Waals surface area contributed by atoms with E-state index in [0.29, 0.717) is 39.8 Å². The standard InChI is InChI=1S/C26H21FIN5O4/c1-12-21-20(22(31(2)24(12)35)30-19-8-3-14(28)10-18(19)27)25(36)33(15-4-5-15)26(37)32(21)16-6-7-17-13(9-16)11-29-23(17)34/h3,6-10,15,30H,4-5,11H2,1-2H3,(H,29,34). The number of nitrogens with zero attached hydrogens (tertiary/aromatic N) is 3. The molecule has 0 spiro atoms. The number of aryl methyl sites for hydroxylation is 1. The molecule has 9 nitrogen and oxygen atoms in total. The van der Waals surface area contributed by atoms with Gasteiger partial charge >= 0.3 is 5.69 Å². The number of pyridine rings is 1. The number of amides is 1. The van der Waals surface area contributed by atoms with Crippen LogP contribution < -0.4 is 27.4 Å². The van der Waals surface area contributed by atoms with Crippen LogP contribution >= 0.6 is 22.6 Å². The number of hydrogen-bond donors (Lipinski definition) is 2. The molecule has 0 bridgehead atoms. The van der Waals surface area contributed by atoms with E-state index in [1.165, 1.54) is 32.9 Å². The van der Waals surface area contributed by atoms with Gasteiger partial charge in [0.05, 0.1) is 16.9 Å². The molecule has 1 fully saturated rings. The Morgan fingerprint density at radius 2 is 1.81 bits per heavy atom. The Balaban J connectivity index is 1.73. The van der Waals surface area contributed by atoms with Gasteiger partial charge in [-0.1, -0.05) is 0 Å². The predicted molar refractivity (Wildman–Crippen MR) is 146 cm³/mol. The Morgan fingerprint density at radius 3 is 2.51 bits per heavy atom. The molecule has 4 aromatic rings. The van der Waals surface area contributed by atoms with Gasteiger partial charge in [0.25, 0.3) is 17.0 Å². The monoisotopic (exact) mass is 613 g/mol. The lowest BCUT2D eigenvalue weighted by atomic mass is 10.1. The van der Waals surface area contributed by atoms with Crippen molar-refractivity contribution in [3.8, 4) is 5.69 Å². The minimum atomic E-state index is -0.556.